The van der Waals surface area contributed by atoms with Crippen LogP contribution in [0, 0.1) is 6.92 Å². The lowest BCUT2D eigenvalue weighted by atomic mass is 10.1. The van der Waals surface area contributed by atoms with Crippen molar-refractivity contribution in [3.8, 4) is 0 Å². The van der Waals surface area contributed by atoms with E-state index in [2.05, 4.69) is 5.32 Å². The van der Waals surface area contributed by atoms with Gasteiger partial charge in [-0.15, -0.1) is 0 Å². The van der Waals surface area contributed by atoms with Gasteiger partial charge >= 0.3 is 0 Å². The van der Waals surface area contributed by atoms with Crippen LogP contribution in [0.2, 0.25) is 0 Å². The van der Waals surface area contributed by atoms with E-state index in [-0.39, 0.29) is 11.8 Å². The van der Waals surface area contributed by atoms with Crippen molar-refractivity contribution < 1.29 is 9.59 Å². The highest BCUT2D eigenvalue weighted by Crippen LogP contribution is 2.15. The fourth-order valence-corrected chi connectivity index (χ4v) is 2.97. The topological polar surface area (TPSA) is 49.4 Å². The molecule has 0 radical (unpaired) electrons. The Morgan fingerprint density at radius 1 is 0.962 bits per heavy atom. The number of amides is 2. The summed E-state index contributed by atoms with van der Waals surface area (Å²) in [6.45, 7) is 6.84. The average molecular weight is 352 g/mol. The molecule has 2 aromatic rings. The third kappa shape index (κ3) is 5.45. The summed E-state index contributed by atoms with van der Waals surface area (Å²) in [5.74, 6) is -0.126. The summed E-state index contributed by atoms with van der Waals surface area (Å²) < 4.78 is 0. The first kappa shape index (κ1) is 19.7. The van der Waals surface area contributed by atoms with Crippen LogP contribution in [0.3, 0.4) is 0 Å². The van der Waals surface area contributed by atoms with Crippen LogP contribution in [-0.4, -0.2) is 29.3 Å². The molecule has 0 heterocycles. The van der Waals surface area contributed by atoms with Crippen molar-refractivity contribution >= 4 is 11.8 Å². The van der Waals surface area contributed by atoms with E-state index < -0.39 is 6.04 Å². The molecule has 2 aromatic carbocycles. The normalized spacial score (nSPS) is 11.7. The Morgan fingerprint density at radius 3 is 2.19 bits per heavy atom. The van der Waals surface area contributed by atoms with Gasteiger partial charge in [-0.2, -0.15) is 0 Å². The van der Waals surface area contributed by atoms with Gasteiger partial charge in [0.15, 0.2) is 0 Å². The van der Waals surface area contributed by atoms with Crippen molar-refractivity contribution in [1.29, 1.82) is 0 Å². The number of carbonyl (C=O) groups is 2. The second kappa shape index (κ2) is 9.76. The van der Waals surface area contributed by atoms with E-state index >= 15 is 0 Å². The number of nitrogens with one attached hydrogen (secondary N) is 1. The Kier molecular flexibility index (Phi) is 7.39. The molecule has 138 valence electrons. The molecule has 0 unspecified atom stereocenters. The largest absolute Gasteiger partial charge is 0.355 e. The first-order valence-corrected chi connectivity index (χ1v) is 9.21. The Hall–Kier alpha value is -2.62. The fraction of sp³-hybridized carbons (Fsp3) is 0.364. The Labute approximate surface area is 156 Å². The zero-order valence-corrected chi connectivity index (χ0v) is 15.9. The maximum Gasteiger partial charge on any atom is 0.242 e. The highest BCUT2D eigenvalue weighted by molar-refractivity contribution is 5.88. The molecule has 0 aliphatic heterocycles. The van der Waals surface area contributed by atoms with Crippen molar-refractivity contribution in [1.82, 2.24) is 10.2 Å². The lowest BCUT2D eigenvalue weighted by Gasteiger charge is -2.30. The number of likely N-dealkylation sites (N-methyl/N-ethyl adjacent to an activating group) is 1. The van der Waals surface area contributed by atoms with Crippen molar-refractivity contribution in [3.05, 3.63) is 71.3 Å². The van der Waals surface area contributed by atoms with Gasteiger partial charge in [0.2, 0.25) is 11.8 Å². The number of rotatable bonds is 8. The molecule has 26 heavy (non-hydrogen) atoms. The Morgan fingerprint density at radius 2 is 1.62 bits per heavy atom. The first-order chi connectivity index (χ1) is 12.5. The van der Waals surface area contributed by atoms with Gasteiger partial charge in [0.1, 0.15) is 6.04 Å². The number of hydrogen-bond acceptors (Lipinski definition) is 2. The van der Waals surface area contributed by atoms with Crippen LogP contribution in [0.4, 0.5) is 0 Å². The molecule has 0 saturated carbocycles. The first-order valence-electron chi connectivity index (χ1n) is 9.21. The standard InChI is InChI=1S/C22H28N2O2/c1-4-20(22(26)23-5-2)24(16-19-9-7-6-8-10-19)21(25)15-18-13-11-17(3)12-14-18/h6-14,20H,4-5,15-16H2,1-3H3,(H,23,26)/t20-/m1/s1. The molecule has 0 aliphatic carbocycles. The van der Waals surface area contributed by atoms with Gasteiger partial charge in [0, 0.05) is 13.1 Å². The maximum atomic E-state index is 13.1. The molecule has 2 amide bonds. The number of benzene rings is 2. The average Bonchev–Trinajstić information content (AvgIpc) is 2.64. The van der Waals surface area contributed by atoms with E-state index in [1.165, 1.54) is 0 Å². The quantitative estimate of drug-likeness (QED) is 0.791. The summed E-state index contributed by atoms with van der Waals surface area (Å²) in [7, 11) is 0. The highest BCUT2D eigenvalue weighted by Gasteiger charge is 2.28. The zero-order chi connectivity index (χ0) is 18.9. The molecule has 1 atom stereocenters. The minimum atomic E-state index is -0.465. The molecule has 1 N–H and O–H groups in total. The summed E-state index contributed by atoms with van der Waals surface area (Å²) in [6.07, 6.45) is 0.876. The molecule has 4 nitrogen and oxygen atoms in total. The van der Waals surface area contributed by atoms with Crippen LogP contribution in [0.5, 0.6) is 0 Å². The minimum Gasteiger partial charge on any atom is -0.355 e. The zero-order valence-electron chi connectivity index (χ0n) is 15.9. The van der Waals surface area contributed by atoms with Crippen LogP contribution in [0.1, 0.15) is 37.0 Å². The third-order valence-corrected chi connectivity index (χ3v) is 4.41. The molecule has 0 fully saturated rings. The molecule has 4 heteroatoms. The molecule has 0 aromatic heterocycles. The predicted molar refractivity (Wildman–Crippen MR) is 105 cm³/mol. The van der Waals surface area contributed by atoms with Crippen LogP contribution in [-0.2, 0) is 22.6 Å². The summed E-state index contributed by atoms with van der Waals surface area (Å²) >= 11 is 0. The van der Waals surface area contributed by atoms with Gasteiger partial charge < -0.3 is 10.2 Å². The Balaban J connectivity index is 2.24. The van der Waals surface area contributed by atoms with Crippen molar-refractivity contribution in [2.24, 2.45) is 0 Å². The minimum absolute atomic E-state index is 0.0317. The van der Waals surface area contributed by atoms with E-state index in [4.69, 9.17) is 0 Å². The molecule has 0 saturated heterocycles. The van der Waals surface area contributed by atoms with Crippen molar-refractivity contribution in [3.63, 3.8) is 0 Å². The highest BCUT2D eigenvalue weighted by atomic mass is 16.2. The molecule has 2 rings (SSSR count). The third-order valence-electron chi connectivity index (χ3n) is 4.41. The predicted octanol–water partition coefficient (Wildman–Crippen LogP) is 3.48. The van der Waals surface area contributed by atoms with Gasteiger partial charge in [0.25, 0.3) is 0 Å². The summed E-state index contributed by atoms with van der Waals surface area (Å²) in [4.78, 5) is 27.3. The van der Waals surface area contributed by atoms with Gasteiger partial charge in [-0.05, 0) is 31.4 Å². The van der Waals surface area contributed by atoms with E-state index in [9.17, 15) is 9.59 Å². The summed E-state index contributed by atoms with van der Waals surface area (Å²) in [6, 6.07) is 17.3. The SMILES string of the molecule is CCNC(=O)[C@@H](CC)N(Cc1ccccc1)C(=O)Cc1ccc(C)cc1. The Bertz CT molecular complexity index is 711. The fourth-order valence-electron chi connectivity index (χ4n) is 2.97. The molecule has 0 bridgehead atoms. The van der Waals surface area contributed by atoms with Crippen LogP contribution >= 0.6 is 0 Å². The lowest BCUT2D eigenvalue weighted by Crippen LogP contribution is -2.49. The van der Waals surface area contributed by atoms with Gasteiger partial charge in [-0.1, -0.05) is 67.1 Å². The second-order valence-electron chi connectivity index (χ2n) is 6.49. The molecule has 0 aliphatic rings. The monoisotopic (exact) mass is 352 g/mol. The number of hydrogen-bond donors (Lipinski definition) is 1. The van der Waals surface area contributed by atoms with E-state index in [1.807, 2.05) is 75.4 Å². The van der Waals surface area contributed by atoms with Crippen molar-refractivity contribution in [2.45, 2.75) is 46.2 Å². The number of nitrogens with zero attached hydrogens (tertiary/aromatic N) is 1. The summed E-state index contributed by atoms with van der Waals surface area (Å²) in [5.41, 5.74) is 3.15. The summed E-state index contributed by atoms with van der Waals surface area (Å²) in [5, 5.41) is 2.86. The molecule has 0 spiro atoms. The number of aryl methyl sites for hydroxylation is 1. The van der Waals surface area contributed by atoms with Crippen molar-refractivity contribution in [2.75, 3.05) is 6.54 Å². The van der Waals surface area contributed by atoms with E-state index in [0.29, 0.717) is 25.9 Å². The van der Waals surface area contributed by atoms with Gasteiger partial charge in [-0.25, -0.2) is 0 Å². The smallest absolute Gasteiger partial charge is 0.242 e. The second-order valence-corrected chi connectivity index (χ2v) is 6.49. The van der Waals surface area contributed by atoms with E-state index in [0.717, 1.165) is 16.7 Å². The molecular formula is C22H28N2O2. The van der Waals surface area contributed by atoms with Gasteiger partial charge in [-0.3, -0.25) is 9.59 Å². The van der Waals surface area contributed by atoms with Gasteiger partial charge in [0.05, 0.1) is 6.42 Å². The van der Waals surface area contributed by atoms with Crippen LogP contribution in [0.25, 0.3) is 0 Å². The van der Waals surface area contributed by atoms with Crippen LogP contribution < -0.4 is 5.32 Å². The lowest BCUT2D eigenvalue weighted by molar-refractivity contribution is -0.140. The maximum absolute atomic E-state index is 13.1. The molecular weight excluding hydrogens is 324 g/mol. The van der Waals surface area contributed by atoms with Crippen LogP contribution in [0.15, 0.2) is 54.6 Å². The number of carbonyl (C=O) groups excluding carboxylic acids is 2. The van der Waals surface area contributed by atoms with E-state index in [1.54, 1.807) is 4.90 Å².